The third-order valence-electron chi connectivity index (χ3n) is 4.88. The zero-order valence-electron chi connectivity index (χ0n) is 16.8. The van der Waals surface area contributed by atoms with Crippen molar-refractivity contribution in [3.63, 3.8) is 0 Å². The Morgan fingerprint density at radius 2 is 1.72 bits per heavy atom. The van der Waals surface area contributed by atoms with Gasteiger partial charge in [0.25, 0.3) is 0 Å². The molecular weight excluding hydrogens is 390 g/mol. The second-order valence-corrected chi connectivity index (χ2v) is 8.86. The predicted molar refractivity (Wildman–Crippen MR) is 114 cm³/mol. The molecule has 2 N–H and O–H groups in total. The molecule has 0 radical (unpaired) electrons. The average Bonchev–Trinajstić information content (AvgIpc) is 2.74. The molecule has 8 heteroatoms. The number of carbonyl (C=O) groups is 1. The Balaban J connectivity index is 1.66. The van der Waals surface area contributed by atoms with Crippen LogP contribution >= 0.6 is 0 Å². The maximum Gasteiger partial charge on any atom is 0.243 e. The molecular formula is C21H27N3O4S. The number of nitrogens with zero attached hydrogens (tertiary/aromatic N) is 1. The third kappa shape index (κ3) is 5.35. The normalized spacial score (nSPS) is 15.1. The molecule has 1 aliphatic heterocycles. The van der Waals surface area contributed by atoms with Crippen LogP contribution < -0.4 is 10.6 Å². The van der Waals surface area contributed by atoms with E-state index < -0.39 is 10.0 Å². The molecule has 156 valence electrons. The molecule has 29 heavy (non-hydrogen) atoms. The molecule has 1 aliphatic rings. The highest BCUT2D eigenvalue weighted by atomic mass is 32.2. The van der Waals surface area contributed by atoms with Crippen LogP contribution in [0.15, 0.2) is 47.4 Å². The molecule has 0 saturated carbocycles. The molecule has 1 saturated heterocycles. The van der Waals surface area contributed by atoms with Gasteiger partial charge in [-0.2, -0.15) is 4.31 Å². The monoisotopic (exact) mass is 417 g/mol. The van der Waals surface area contributed by atoms with Crippen molar-refractivity contribution in [1.29, 1.82) is 0 Å². The van der Waals surface area contributed by atoms with Gasteiger partial charge in [-0.05, 0) is 48.7 Å². The molecule has 1 fully saturated rings. The summed E-state index contributed by atoms with van der Waals surface area (Å²) < 4.78 is 32.6. The number of nitrogens with one attached hydrogen (secondary N) is 2. The Morgan fingerprint density at radius 1 is 1.07 bits per heavy atom. The van der Waals surface area contributed by atoms with Crippen molar-refractivity contribution in [1.82, 2.24) is 4.31 Å². The van der Waals surface area contributed by atoms with Crippen molar-refractivity contribution in [2.45, 2.75) is 25.2 Å². The SMILES string of the molecule is CCc1ccc(NCC(=O)Nc2ccc(C)c(S(=O)(=O)N3CCOCC3)c2)cc1. The summed E-state index contributed by atoms with van der Waals surface area (Å²) in [6.45, 7) is 5.37. The number of hydrogen-bond donors (Lipinski definition) is 2. The van der Waals surface area contributed by atoms with Gasteiger partial charge >= 0.3 is 0 Å². The fourth-order valence-electron chi connectivity index (χ4n) is 3.13. The predicted octanol–water partition coefficient (Wildman–Crippen LogP) is 2.63. The van der Waals surface area contributed by atoms with Gasteiger partial charge < -0.3 is 15.4 Å². The smallest absolute Gasteiger partial charge is 0.243 e. The molecule has 0 spiro atoms. The average molecular weight is 418 g/mol. The Labute approximate surface area is 172 Å². The maximum absolute atomic E-state index is 13.0. The number of sulfonamides is 1. The lowest BCUT2D eigenvalue weighted by molar-refractivity contribution is -0.114. The van der Waals surface area contributed by atoms with Crippen molar-refractivity contribution < 1.29 is 17.9 Å². The summed E-state index contributed by atoms with van der Waals surface area (Å²) in [6.07, 6.45) is 0.962. The van der Waals surface area contributed by atoms with E-state index >= 15 is 0 Å². The third-order valence-corrected chi connectivity index (χ3v) is 6.92. The summed E-state index contributed by atoms with van der Waals surface area (Å²) >= 11 is 0. The highest BCUT2D eigenvalue weighted by Gasteiger charge is 2.28. The highest BCUT2D eigenvalue weighted by molar-refractivity contribution is 7.89. The van der Waals surface area contributed by atoms with E-state index in [1.54, 1.807) is 19.1 Å². The fraction of sp³-hybridized carbons (Fsp3) is 0.381. The van der Waals surface area contributed by atoms with E-state index in [2.05, 4.69) is 17.6 Å². The number of amides is 1. The van der Waals surface area contributed by atoms with Crippen LogP contribution in [0.2, 0.25) is 0 Å². The number of morpholine rings is 1. The van der Waals surface area contributed by atoms with Crippen LogP contribution in [-0.4, -0.2) is 51.5 Å². The van der Waals surface area contributed by atoms with Gasteiger partial charge in [0.1, 0.15) is 0 Å². The molecule has 2 aromatic carbocycles. The summed E-state index contributed by atoms with van der Waals surface area (Å²) in [6, 6.07) is 12.8. The van der Waals surface area contributed by atoms with E-state index in [0.717, 1.165) is 12.1 Å². The number of hydrogen-bond acceptors (Lipinski definition) is 5. The van der Waals surface area contributed by atoms with Gasteiger partial charge in [0, 0.05) is 24.5 Å². The minimum absolute atomic E-state index is 0.0882. The van der Waals surface area contributed by atoms with E-state index in [0.29, 0.717) is 37.6 Å². The zero-order valence-corrected chi connectivity index (χ0v) is 17.6. The number of aryl methyl sites for hydroxylation is 2. The fourth-order valence-corrected chi connectivity index (χ4v) is 4.79. The minimum Gasteiger partial charge on any atom is -0.379 e. The van der Waals surface area contributed by atoms with Crippen LogP contribution in [-0.2, 0) is 26.0 Å². The molecule has 0 unspecified atom stereocenters. The zero-order chi connectivity index (χ0) is 20.9. The first-order chi connectivity index (χ1) is 13.9. The summed E-state index contributed by atoms with van der Waals surface area (Å²) in [5, 5.41) is 5.84. The number of carbonyl (C=O) groups excluding carboxylic acids is 1. The van der Waals surface area contributed by atoms with E-state index in [4.69, 9.17) is 4.74 Å². The summed E-state index contributed by atoms with van der Waals surface area (Å²) in [7, 11) is -3.63. The van der Waals surface area contributed by atoms with Crippen molar-refractivity contribution in [3.05, 3.63) is 53.6 Å². The first-order valence-electron chi connectivity index (χ1n) is 9.71. The Kier molecular flexibility index (Phi) is 6.89. The van der Waals surface area contributed by atoms with Gasteiger partial charge in [-0.3, -0.25) is 4.79 Å². The number of rotatable bonds is 7. The molecule has 2 aromatic rings. The molecule has 3 rings (SSSR count). The van der Waals surface area contributed by atoms with E-state index in [-0.39, 0.29) is 17.3 Å². The Hall–Kier alpha value is -2.42. The maximum atomic E-state index is 13.0. The van der Waals surface area contributed by atoms with Gasteiger partial charge in [0.2, 0.25) is 15.9 Å². The molecule has 0 bridgehead atoms. The topological polar surface area (TPSA) is 87.7 Å². The van der Waals surface area contributed by atoms with E-state index in [9.17, 15) is 13.2 Å². The minimum atomic E-state index is -3.63. The lowest BCUT2D eigenvalue weighted by Crippen LogP contribution is -2.40. The largest absolute Gasteiger partial charge is 0.379 e. The van der Waals surface area contributed by atoms with Gasteiger partial charge in [-0.15, -0.1) is 0 Å². The van der Waals surface area contributed by atoms with Gasteiger partial charge in [-0.1, -0.05) is 25.1 Å². The molecule has 1 heterocycles. The lowest BCUT2D eigenvalue weighted by atomic mass is 10.1. The van der Waals surface area contributed by atoms with Gasteiger partial charge in [0.05, 0.1) is 24.7 Å². The molecule has 1 amide bonds. The highest BCUT2D eigenvalue weighted by Crippen LogP contribution is 2.24. The summed E-state index contributed by atoms with van der Waals surface area (Å²) in [5.41, 5.74) is 3.18. The van der Waals surface area contributed by atoms with Crippen LogP contribution in [0, 0.1) is 6.92 Å². The molecule has 7 nitrogen and oxygen atoms in total. The summed E-state index contributed by atoms with van der Waals surface area (Å²) in [5.74, 6) is -0.247. The number of ether oxygens (including phenoxy) is 1. The van der Waals surface area contributed by atoms with Crippen LogP contribution in [0.4, 0.5) is 11.4 Å². The van der Waals surface area contributed by atoms with E-state index in [1.807, 2.05) is 24.3 Å². The van der Waals surface area contributed by atoms with E-state index in [1.165, 1.54) is 15.9 Å². The quantitative estimate of drug-likeness (QED) is 0.723. The van der Waals surface area contributed by atoms with Crippen molar-refractivity contribution in [2.75, 3.05) is 43.5 Å². The second-order valence-electron chi connectivity index (χ2n) is 6.95. The molecule has 0 aromatic heterocycles. The number of benzene rings is 2. The van der Waals surface area contributed by atoms with Crippen LogP contribution in [0.25, 0.3) is 0 Å². The molecule has 0 atom stereocenters. The Morgan fingerprint density at radius 3 is 2.38 bits per heavy atom. The number of anilines is 2. The second kappa shape index (κ2) is 9.39. The van der Waals surface area contributed by atoms with Crippen molar-refractivity contribution >= 4 is 27.3 Å². The first-order valence-corrected chi connectivity index (χ1v) is 11.2. The van der Waals surface area contributed by atoms with Crippen LogP contribution in [0.5, 0.6) is 0 Å². The van der Waals surface area contributed by atoms with Crippen LogP contribution in [0.1, 0.15) is 18.1 Å². The van der Waals surface area contributed by atoms with Gasteiger partial charge in [-0.25, -0.2) is 8.42 Å². The Bertz CT molecular complexity index is 952. The first kappa shape index (κ1) is 21.3. The lowest BCUT2D eigenvalue weighted by Gasteiger charge is -2.26. The standard InChI is InChI=1S/C21H27N3O4S/c1-3-17-5-8-18(9-6-17)22-15-21(25)23-19-7-4-16(2)20(14-19)29(26,27)24-10-12-28-13-11-24/h4-9,14,22H,3,10-13,15H2,1-2H3,(H,23,25). The van der Waals surface area contributed by atoms with Crippen LogP contribution in [0.3, 0.4) is 0 Å². The molecule has 0 aliphatic carbocycles. The van der Waals surface area contributed by atoms with Crippen molar-refractivity contribution in [3.8, 4) is 0 Å². The van der Waals surface area contributed by atoms with Crippen molar-refractivity contribution in [2.24, 2.45) is 0 Å². The summed E-state index contributed by atoms with van der Waals surface area (Å²) in [4.78, 5) is 12.5. The van der Waals surface area contributed by atoms with Gasteiger partial charge in [0.15, 0.2) is 0 Å².